The summed E-state index contributed by atoms with van der Waals surface area (Å²) < 4.78 is 2.02. The maximum atomic E-state index is 6.26. The molecule has 96 valence electrons. The fourth-order valence-corrected chi connectivity index (χ4v) is 2.58. The first-order valence-corrected chi connectivity index (χ1v) is 6.43. The zero-order chi connectivity index (χ0) is 13.6. The van der Waals surface area contributed by atoms with E-state index in [1.807, 2.05) is 29.8 Å². The second kappa shape index (κ2) is 4.28. The van der Waals surface area contributed by atoms with Gasteiger partial charge in [-0.2, -0.15) is 0 Å². The van der Waals surface area contributed by atoms with Crippen molar-refractivity contribution >= 4 is 28.3 Å². The van der Waals surface area contributed by atoms with E-state index in [2.05, 4.69) is 30.1 Å². The zero-order valence-corrected chi connectivity index (χ0v) is 11.6. The average molecular weight is 272 g/mol. The molecule has 0 radical (unpaired) electrons. The molecule has 0 aliphatic rings. The van der Waals surface area contributed by atoms with Crippen molar-refractivity contribution in [2.75, 3.05) is 5.73 Å². The van der Waals surface area contributed by atoms with Crippen LogP contribution in [0.5, 0.6) is 0 Å². The van der Waals surface area contributed by atoms with Crippen molar-refractivity contribution in [3.8, 4) is 11.4 Å². The molecule has 0 spiro atoms. The van der Waals surface area contributed by atoms with Crippen molar-refractivity contribution < 1.29 is 0 Å². The average Bonchev–Trinajstić information content (AvgIpc) is 2.66. The molecule has 0 aliphatic heterocycles. The van der Waals surface area contributed by atoms with Gasteiger partial charge in [0, 0.05) is 12.7 Å². The molecule has 0 fully saturated rings. The summed E-state index contributed by atoms with van der Waals surface area (Å²) in [5, 5.41) is 0.620. The highest BCUT2D eigenvalue weighted by Gasteiger charge is 2.15. The van der Waals surface area contributed by atoms with Crippen LogP contribution in [-0.4, -0.2) is 9.55 Å². The quantitative estimate of drug-likeness (QED) is 0.685. The molecule has 1 heterocycles. The third-order valence-corrected chi connectivity index (χ3v) is 3.62. The highest BCUT2D eigenvalue weighted by molar-refractivity contribution is 6.33. The number of hydrogen-bond acceptors (Lipinski definition) is 2. The van der Waals surface area contributed by atoms with Crippen LogP contribution in [0, 0.1) is 6.92 Å². The van der Waals surface area contributed by atoms with Crippen LogP contribution in [0.1, 0.15) is 5.56 Å². The lowest BCUT2D eigenvalue weighted by Gasteiger charge is -2.07. The number of aromatic nitrogens is 2. The third-order valence-electron chi connectivity index (χ3n) is 3.31. The van der Waals surface area contributed by atoms with Gasteiger partial charge in [-0.05, 0) is 36.8 Å². The van der Waals surface area contributed by atoms with Gasteiger partial charge in [0.05, 0.1) is 21.6 Å². The maximum Gasteiger partial charge on any atom is 0.144 e. The van der Waals surface area contributed by atoms with E-state index in [-0.39, 0.29) is 0 Å². The minimum absolute atomic E-state index is 0.620. The molecule has 3 aromatic rings. The van der Waals surface area contributed by atoms with Gasteiger partial charge < -0.3 is 10.3 Å². The third kappa shape index (κ3) is 1.87. The molecule has 0 bridgehead atoms. The number of nitrogens with two attached hydrogens (primary N) is 1. The number of benzene rings is 2. The Balaban J connectivity index is 2.34. The SMILES string of the molecule is Cc1ccc2c(c1)nc(-c1c(N)cccc1Cl)n2C. The van der Waals surface area contributed by atoms with E-state index in [0.29, 0.717) is 10.7 Å². The largest absolute Gasteiger partial charge is 0.398 e. The minimum atomic E-state index is 0.620. The number of anilines is 1. The van der Waals surface area contributed by atoms with Crippen molar-refractivity contribution in [3.63, 3.8) is 0 Å². The Morgan fingerprint density at radius 1 is 1.21 bits per heavy atom. The number of aryl methyl sites for hydroxylation is 2. The molecule has 0 saturated heterocycles. The first-order chi connectivity index (χ1) is 9.08. The molecule has 3 nitrogen and oxygen atoms in total. The Bertz CT molecular complexity index is 754. The Morgan fingerprint density at radius 2 is 2.00 bits per heavy atom. The Labute approximate surface area is 116 Å². The molecule has 0 saturated carbocycles. The first kappa shape index (κ1) is 12.1. The molecule has 1 aromatic heterocycles. The van der Waals surface area contributed by atoms with Crippen LogP contribution in [-0.2, 0) is 7.05 Å². The molecule has 0 atom stereocenters. The number of halogens is 1. The lowest BCUT2D eigenvalue weighted by atomic mass is 10.1. The van der Waals surface area contributed by atoms with Gasteiger partial charge in [-0.15, -0.1) is 0 Å². The van der Waals surface area contributed by atoms with Crippen LogP contribution in [0.2, 0.25) is 5.02 Å². The van der Waals surface area contributed by atoms with Crippen molar-refractivity contribution in [1.29, 1.82) is 0 Å². The zero-order valence-electron chi connectivity index (χ0n) is 10.8. The van der Waals surface area contributed by atoms with Gasteiger partial charge in [0.25, 0.3) is 0 Å². The number of nitrogens with zero attached hydrogens (tertiary/aromatic N) is 2. The second-order valence-electron chi connectivity index (χ2n) is 4.69. The summed E-state index contributed by atoms with van der Waals surface area (Å²) in [6, 6.07) is 11.7. The highest BCUT2D eigenvalue weighted by atomic mass is 35.5. The first-order valence-electron chi connectivity index (χ1n) is 6.05. The molecule has 19 heavy (non-hydrogen) atoms. The van der Waals surface area contributed by atoms with Crippen LogP contribution in [0.4, 0.5) is 5.69 Å². The highest BCUT2D eigenvalue weighted by Crippen LogP contribution is 2.34. The Morgan fingerprint density at radius 3 is 2.74 bits per heavy atom. The number of rotatable bonds is 1. The maximum absolute atomic E-state index is 6.26. The van der Waals surface area contributed by atoms with Gasteiger partial charge in [0.2, 0.25) is 0 Å². The van der Waals surface area contributed by atoms with Crippen molar-refractivity contribution in [3.05, 3.63) is 47.0 Å². The summed E-state index contributed by atoms with van der Waals surface area (Å²) in [6.07, 6.45) is 0. The van der Waals surface area contributed by atoms with E-state index >= 15 is 0 Å². The topological polar surface area (TPSA) is 43.8 Å². The number of nitrogen functional groups attached to an aromatic ring is 1. The summed E-state index contributed by atoms with van der Waals surface area (Å²) in [7, 11) is 1.97. The van der Waals surface area contributed by atoms with Crippen LogP contribution >= 0.6 is 11.6 Å². The molecule has 2 N–H and O–H groups in total. The number of hydrogen-bond donors (Lipinski definition) is 1. The Kier molecular flexibility index (Phi) is 2.72. The number of fused-ring (bicyclic) bond motifs is 1. The lowest BCUT2D eigenvalue weighted by Crippen LogP contribution is -1.97. The molecular formula is C15H14ClN3. The van der Waals surface area contributed by atoms with Gasteiger partial charge in [0.1, 0.15) is 5.82 Å². The monoisotopic (exact) mass is 271 g/mol. The van der Waals surface area contributed by atoms with Gasteiger partial charge >= 0.3 is 0 Å². The van der Waals surface area contributed by atoms with Crippen molar-refractivity contribution in [1.82, 2.24) is 9.55 Å². The standard InChI is InChI=1S/C15H14ClN3/c1-9-6-7-13-12(8-9)18-15(19(13)2)14-10(16)4-3-5-11(14)17/h3-8H,17H2,1-2H3. The molecule has 0 amide bonds. The Hall–Kier alpha value is -2.00. The fraction of sp³-hybridized carbons (Fsp3) is 0.133. The fourth-order valence-electron chi connectivity index (χ4n) is 2.31. The van der Waals surface area contributed by atoms with Crippen LogP contribution in [0.15, 0.2) is 36.4 Å². The summed E-state index contributed by atoms with van der Waals surface area (Å²) in [6.45, 7) is 2.05. The van der Waals surface area contributed by atoms with E-state index in [1.165, 1.54) is 5.56 Å². The molecular weight excluding hydrogens is 258 g/mol. The lowest BCUT2D eigenvalue weighted by molar-refractivity contribution is 0.960. The van der Waals surface area contributed by atoms with E-state index in [1.54, 1.807) is 0 Å². The van der Waals surface area contributed by atoms with Gasteiger partial charge in [-0.25, -0.2) is 4.98 Å². The van der Waals surface area contributed by atoms with Crippen LogP contribution < -0.4 is 5.73 Å². The summed E-state index contributed by atoms with van der Waals surface area (Å²) >= 11 is 6.26. The van der Waals surface area contributed by atoms with E-state index in [9.17, 15) is 0 Å². The van der Waals surface area contributed by atoms with Gasteiger partial charge in [-0.3, -0.25) is 0 Å². The predicted octanol–water partition coefficient (Wildman–Crippen LogP) is 3.78. The van der Waals surface area contributed by atoms with Gasteiger partial charge in [0.15, 0.2) is 0 Å². The van der Waals surface area contributed by atoms with Crippen LogP contribution in [0.25, 0.3) is 22.4 Å². The molecule has 3 rings (SSSR count). The van der Waals surface area contributed by atoms with Gasteiger partial charge in [-0.1, -0.05) is 23.7 Å². The van der Waals surface area contributed by atoms with Crippen molar-refractivity contribution in [2.45, 2.75) is 6.92 Å². The molecule has 0 unspecified atom stereocenters. The minimum Gasteiger partial charge on any atom is -0.398 e. The molecule has 0 aliphatic carbocycles. The van der Waals surface area contributed by atoms with Crippen molar-refractivity contribution in [2.24, 2.45) is 7.05 Å². The summed E-state index contributed by atoms with van der Waals surface area (Å²) in [5.74, 6) is 0.795. The predicted molar refractivity (Wildman–Crippen MR) is 80.3 cm³/mol. The molecule has 4 heteroatoms. The number of imidazole rings is 1. The normalized spacial score (nSPS) is 11.1. The molecule has 2 aromatic carbocycles. The summed E-state index contributed by atoms with van der Waals surface area (Å²) in [5.41, 5.74) is 10.7. The second-order valence-corrected chi connectivity index (χ2v) is 5.10. The van der Waals surface area contributed by atoms with E-state index in [0.717, 1.165) is 22.4 Å². The van der Waals surface area contributed by atoms with Crippen LogP contribution in [0.3, 0.4) is 0 Å². The van der Waals surface area contributed by atoms with E-state index in [4.69, 9.17) is 17.3 Å². The summed E-state index contributed by atoms with van der Waals surface area (Å²) in [4.78, 5) is 4.66. The smallest absolute Gasteiger partial charge is 0.144 e. The van der Waals surface area contributed by atoms with E-state index < -0.39 is 0 Å².